The van der Waals surface area contributed by atoms with Crippen molar-refractivity contribution in [3.63, 3.8) is 0 Å². The van der Waals surface area contributed by atoms with Crippen LogP contribution in [0.2, 0.25) is 0 Å². The SMILES string of the molecule is CCCN1CCC(C)C1.Cl. The van der Waals surface area contributed by atoms with Gasteiger partial charge in [0.05, 0.1) is 0 Å². The third-order valence-electron chi connectivity index (χ3n) is 2.05. The van der Waals surface area contributed by atoms with Gasteiger partial charge in [0.15, 0.2) is 0 Å². The van der Waals surface area contributed by atoms with Gasteiger partial charge in [-0.1, -0.05) is 13.8 Å². The minimum atomic E-state index is 0. The second-order valence-electron chi connectivity index (χ2n) is 3.19. The molecule has 0 aliphatic carbocycles. The molecule has 1 unspecified atom stereocenters. The van der Waals surface area contributed by atoms with Crippen LogP contribution in [0.1, 0.15) is 26.7 Å². The largest absolute Gasteiger partial charge is 0.303 e. The third kappa shape index (κ3) is 2.89. The molecule has 0 saturated carbocycles. The number of nitrogens with zero attached hydrogens (tertiary/aromatic N) is 1. The molecule has 1 atom stereocenters. The summed E-state index contributed by atoms with van der Waals surface area (Å²) in [6.07, 6.45) is 2.73. The summed E-state index contributed by atoms with van der Waals surface area (Å²) in [5, 5.41) is 0. The van der Waals surface area contributed by atoms with Gasteiger partial charge in [-0.15, -0.1) is 12.4 Å². The Labute approximate surface area is 70.2 Å². The Morgan fingerprint density at radius 3 is 2.60 bits per heavy atom. The van der Waals surface area contributed by atoms with Crippen LogP contribution in [0.3, 0.4) is 0 Å². The zero-order valence-corrected chi connectivity index (χ0v) is 7.78. The van der Waals surface area contributed by atoms with Crippen LogP contribution in [0.15, 0.2) is 0 Å². The summed E-state index contributed by atoms with van der Waals surface area (Å²) in [6, 6.07) is 0. The average Bonchev–Trinajstić information content (AvgIpc) is 2.17. The van der Waals surface area contributed by atoms with E-state index in [0.29, 0.717) is 0 Å². The van der Waals surface area contributed by atoms with Crippen molar-refractivity contribution in [2.75, 3.05) is 19.6 Å². The lowest BCUT2D eigenvalue weighted by Crippen LogP contribution is -2.20. The van der Waals surface area contributed by atoms with Gasteiger partial charge >= 0.3 is 0 Å². The monoisotopic (exact) mass is 163 g/mol. The molecule has 0 N–H and O–H groups in total. The fraction of sp³-hybridized carbons (Fsp3) is 1.00. The van der Waals surface area contributed by atoms with Crippen molar-refractivity contribution in [3.05, 3.63) is 0 Å². The third-order valence-corrected chi connectivity index (χ3v) is 2.05. The smallest absolute Gasteiger partial charge is 0.000749 e. The summed E-state index contributed by atoms with van der Waals surface area (Å²) in [7, 11) is 0. The molecule has 1 fully saturated rings. The van der Waals surface area contributed by atoms with Gasteiger partial charge in [0, 0.05) is 6.54 Å². The maximum atomic E-state index is 2.56. The summed E-state index contributed by atoms with van der Waals surface area (Å²) >= 11 is 0. The highest BCUT2D eigenvalue weighted by Gasteiger charge is 2.16. The van der Waals surface area contributed by atoms with Crippen molar-refractivity contribution in [1.29, 1.82) is 0 Å². The molecule has 1 nitrogen and oxygen atoms in total. The van der Waals surface area contributed by atoms with E-state index in [2.05, 4.69) is 18.7 Å². The summed E-state index contributed by atoms with van der Waals surface area (Å²) in [6.45, 7) is 8.59. The zero-order chi connectivity index (χ0) is 6.69. The first-order valence-electron chi connectivity index (χ1n) is 4.05. The number of hydrogen-bond donors (Lipinski definition) is 0. The fourth-order valence-corrected chi connectivity index (χ4v) is 1.55. The Bertz CT molecular complexity index is 83.3. The number of halogens is 1. The van der Waals surface area contributed by atoms with Crippen molar-refractivity contribution in [2.24, 2.45) is 5.92 Å². The van der Waals surface area contributed by atoms with Crippen LogP contribution in [-0.4, -0.2) is 24.5 Å². The first-order valence-corrected chi connectivity index (χ1v) is 4.05. The predicted octanol–water partition coefficient (Wildman–Crippen LogP) is 2.16. The summed E-state index contributed by atoms with van der Waals surface area (Å²) in [4.78, 5) is 2.56. The molecule has 0 aromatic carbocycles. The highest BCUT2D eigenvalue weighted by molar-refractivity contribution is 5.85. The van der Waals surface area contributed by atoms with Gasteiger partial charge in [-0.2, -0.15) is 0 Å². The van der Waals surface area contributed by atoms with Crippen molar-refractivity contribution in [1.82, 2.24) is 4.90 Å². The Kier molecular flexibility index (Phi) is 5.10. The first kappa shape index (κ1) is 10.2. The summed E-state index contributed by atoms with van der Waals surface area (Å²) in [5.41, 5.74) is 0. The lowest BCUT2D eigenvalue weighted by Gasteiger charge is -2.12. The Morgan fingerprint density at radius 1 is 1.50 bits per heavy atom. The Balaban J connectivity index is 0.000000810. The molecule has 1 aliphatic heterocycles. The predicted molar refractivity (Wildman–Crippen MR) is 47.8 cm³/mol. The van der Waals surface area contributed by atoms with Gasteiger partial charge in [0.25, 0.3) is 0 Å². The molecule has 2 heteroatoms. The molecule has 0 spiro atoms. The molecule has 62 valence electrons. The van der Waals surface area contributed by atoms with E-state index < -0.39 is 0 Å². The van der Waals surface area contributed by atoms with E-state index >= 15 is 0 Å². The normalized spacial score (nSPS) is 26.4. The van der Waals surface area contributed by atoms with E-state index in [1.54, 1.807) is 0 Å². The summed E-state index contributed by atoms with van der Waals surface area (Å²) in [5.74, 6) is 0.955. The molecular formula is C8H18ClN. The Hall–Kier alpha value is 0.250. The molecule has 0 bridgehead atoms. The van der Waals surface area contributed by atoms with Crippen molar-refractivity contribution in [2.45, 2.75) is 26.7 Å². The van der Waals surface area contributed by atoms with E-state index in [9.17, 15) is 0 Å². The van der Waals surface area contributed by atoms with Gasteiger partial charge in [0.2, 0.25) is 0 Å². The number of rotatable bonds is 2. The van der Waals surface area contributed by atoms with E-state index in [0.717, 1.165) is 5.92 Å². The van der Waals surface area contributed by atoms with Gasteiger partial charge in [-0.25, -0.2) is 0 Å². The molecule has 1 rings (SSSR count). The van der Waals surface area contributed by atoms with Gasteiger partial charge in [-0.05, 0) is 31.8 Å². The van der Waals surface area contributed by atoms with Crippen LogP contribution in [0, 0.1) is 5.92 Å². The van der Waals surface area contributed by atoms with Crippen LogP contribution < -0.4 is 0 Å². The molecule has 10 heavy (non-hydrogen) atoms. The van der Waals surface area contributed by atoms with E-state index in [1.165, 1.54) is 32.5 Å². The highest BCUT2D eigenvalue weighted by Crippen LogP contribution is 2.14. The summed E-state index contributed by atoms with van der Waals surface area (Å²) < 4.78 is 0. The number of hydrogen-bond acceptors (Lipinski definition) is 1. The van der Waals surface area contributed by atoms with Crippen LogP contribution >= 0.6 is 12.4 Å². The van der Waals surface area contributed by atoms with Gasteiger partial charge in [-0.3, -0.25) is 0 Å². The quantitative estimate of drug-likeness (QED) is 0.603. The second-order valence-corrected chi connectivity index (χ2v) is 3.19. The van der Waals surface area contributed by atoms with Crippen molar-refractivity contribution < 1.29 is 0 Å². The molecule has 1 aliphatic rings. The maximum Gasteiger partial charge on any atom is 0.000749 e. The van der Waals surface area contributed by atoms with Gasteiger partial charge in [0.1, 0.15) is 0 Å². The van der Waals surface area contributed by atoms with Gasteiger partial charge < -0.3 is 4.90 Å². The Morgan fingerprint density at radius 2 is 2.20 bits per heavy atom. The van der Waals surface area contributed by atoms with Crippen molar-refractivity contribution >= 4 is 12.4 Å². The van der Waals surface area contributed by atoms with Crippen LogP contribution in [-0.2, 0) is 0 Å². The topological polar surface area (TPSA) is 3.24 Å². The molecule has 0 aromatic heterocycles. The van der Waals surface area contributed by atoms with Crippen molar-refractivity contribution in [3.8, 4) is 0 Å². The zero-order valence-electron chi connectivity index (χ0n) is 6.97. The maximum absolute atomic E-state index is 2.56. The molecular weight excluding hydrogens is 146 g/mol. The molecule has 1 saturated heterocycles. The number of likely N-dealkylation sites (tertiary alicyclic amines) is 1. The van der Waals surface area contributed by atoms with E-state index in [4.69, 9.17) is 0 Å². The van der Waals surface area contributed by atoms with Crippen LogP contribution in [0.4, 0.5) is 0 Å². The standard InChI is InChI=1S/C8H17N.ClH/c1-3-5-9-6-4-8(2)7-9;/h8H,3-7H2,1-2H3;1H. The first-order chi connectivity index (χ1) is 4.33. The molecule has 0 aromatic rings. The molecule has 0 radical (unpaired) electrons. The fourth-order valence-electron chi connectivity index (χ4n) is 1.55. The lowest BCUT2D eigenvalue weighted by molar-refractivity contribution is 0.328. The highest BCUT2D eigenvalue weighted by atomic mass is 35.5. The minimum Gasteiger partial charge on any atom is -0.303 e. The van der Waals surface area contributed by atoms with E-state index in [-0.39, 0.29) is 12.4 Å². The molecule has 1 heterocycles. The average molecular weight is 164 g/mol. The van der Waals surface area contributed by atoms with Crippen LogP contribution in [0.25, 0.3) is 0 Å². The minimum absolute atomic E-state index is 0. The molecule has 0 amide bonds. The second kappa shape index (κ2) is 4.97. The van der Waals surface area contributed by atoms with Crippen LogP contribution in [0.5, 0.6) is 0 Å². The lowest BCUT2D eigenvalue weighted by atomic mass is 10.2. The van der Waals surface area contributed by atoms with E-state index in [1.807, 2.05) is 0 Å².